The first-order valence-corrected chi connectivity index (χ1v) is 7.55. The van der Waals surface area contributed by atoms with Crippen molar-refractivity contribution in [1.82, 2.24) is 14.8 Å². The second-order valence-electron chi connectivity index (χ2n) is 4.78. The molecule has 0 saturated heterocycles. The highest BCUT2D eigenvalue weighted by atomic mass is 32.1. The number of aromatic nitrogens is 3. The van der Waals surface area contributed by atoms with Gasteiger partial charge in [0.25, 0.3) is 0 Å². The van der Waals surface area contributed by atoms with Gasteiger partial charge in [-0.25, -0.2) is 9.67 Å². The van der Waals surface area contributed by atoms with Crippen molar-refractivity contribution in [3.05, 3.63) is 47.6 Å². The molecule has 3 rings (SSSR count). The smallest absolute Gasteiger partial charge is 0.183 e. The van der Waals surface area contributed by atoms with Crippen LogP contribution in [0.2, 0.25) is 0 Å². The molecule has 3 N–H and O–H groups in total. The third kappa shape index (κ3) is 2.68. The number of para-hydroxylation sites is 1. The Bertz CT molecular complexity index is 730. The van der Waals surface area contributed by atoms with Crippen LogP contribution in [0.1, 0.15) is 17.8 Å². The van der Waals surface area contributed by atoms with Crippen LogP contribution in [0.5, 0.6) is 0 Å². The molecule has 2 aromatic heterocycles. The minimum absolute atomic E-state index is 0.0559. The molecule has 0 aliphatic carbocycles. The fourth-order valence-corrected chi connectivity index (χ4v) is 3.01. The maximum absolute atomic E-state index is 6.05. The van der Waals surface area contributed by atoms with Gasteiger partial charge in [0.05, 0.1) is 22.5 Å². The van der Waals surface area contributed by atoms with E-state index in [2.05, 4.69) is 15.4 Å². The topological polar surface area (TPSA) is 68.8 Å². The Hall–Kier alpha value is -2.18. The molecular weight excluding hydrogens is 282 g/mol. The van der Waals surface area contributed by atoms with Crippen molar-refractivity contribution in [3.63, 3.8) is 0 Å². The summed E-state index contributed by atoms with van der Waals surface area (Å²) in [7, 11) is 1.86. The van der Waals surface area contributed by atoms with Crippen LogP contribution in [-0.4, -0.2) is 21.8 Å². The van der Waals surface area contributed by atoms with Gasteiger partial charge in [-0.3, -0.25) is 0 Å². The Morgan fingerprint density at radius 3 is 2.71 bits per heavy atom. The van der Waals surface area contributed by atoms with Crippen molar-refractivity contribution in [1.29, 1.82) is 0 Å². The van der Waals surface area contributed by atoms with Crippen molar-refractivity contribution in [3.8, 4) is 16.9 Å². The van der Waals surface area contributed by atoms with Crippen LogP contribution < -0.4 is 11.1 Å². The highest BCUT2D eigenvalue weighted by Gasteiger charge is 2.17. The lowest BCUT2D eigenvalue weighted by Crippen LogP contribution is -2.03. The molecule has 108 valence electrons. The Morgan fingerprint density at radius 1 is 1.29 bits per heavy atom. The fourth-order valence-electron chi connectivity index (χ4n) is 2.12. The molecule has 3 aromatic rings. The van der Waals surface area contributed by atoms with E-state index in [1.54, 1.807) is 11.3 Å². The SMILES string of the molecule is CNc1nc(-c2cnn(-c3ccccc3)c2)c(C(C)N)s1. The molecule has 0 radical (unpaired) electrons. The molecule has 0 aliphatic heterocycles. The van der Waals surface area contributed by atoms with Gasteiger partial charge in [0.15, 0.2) is 5.13 Å². The van der Waals surface area contributed by atoms with Crippen LogP contribution in [-0.2, 0) is 0 Å². The molecule has 6 heteroatoms. The van der Waals surface area contributed by atoms with Gasteiger partial charge >= 0.3 is 0 Å². The van der Waals surface area contributed by atoms with Crippen LogP contribution in [0.3, 0.4) is 0 Å². The quantitative estimate of drug-likeness (QED) is 0.777. The Kier molecular flexibility index (Phi) is 3.72. The second-order valence-corrected chi connectivity index (χ2v) is 5.81. The van der Waals surface area contributed by atoms with E-state index in [1.165, 1.54) is 0 Å². The first-order chi connectivity index (χ1) is 10.2. The van der Waals surface area contributed by atoms with Gasteiger partial charge in [-0.05, 0) is 19.1 Å². The van der Waals surface area contributed by atoms with Crippen molar-refractivity contribution < 1.29 is 0 Å². The molecule has 21 heavy (non-hydrogen) atoms. The molecule has 5 nitrogen and oxygen atoms in total. The molecule has 0 spiro atoms. The van der Waals surface area contributed by atoms with Gasteiger partial charge in [-0.15, -0.1) is 0 Å². The lowest BCUT2D eigenvalue weighted by atomic mass is 10.1. The zero-order chi connectivity index (χ0) is 14.8. The van der Waals surface area contributed by atoms with E-state index in [4.69, 9.17) is 5.73 Å². The number of rotatable bonds is 4. The zero-order valence-electron chi connectivity index (χ0n) is 11.9. The van der Waals surface area contributed by atoms with Crippen LogP contribution in [0.25, 0.3) is 16.9 Å². The summed E-state index contributed by atoms with van der Waals surface area (Å²) in [6.45, 7) is 1.97. The van der Waals surface area contributed by atoms with Crippen molar-refractivity contribution in [2.75, 3.05) is 12.4 Å². The molecule has 0 aliphatic rings. The van der Waals surface area contributed by atoms with E-state index in [1.807, 2.05) is 61.4 Å². The summed E-state index contributed by atoms with van der Waals surface area (Å²) in [5, 5.41) is 8.36. The van der Waals surface area contributed by atoms with E-state index >= 15 is 0 Å². The minimum Gasteiger partial charge on any atom is -0.365 e. The summed E-state index contributed by atoms with van der Waals surface area (Å²) in [4.78, 5) is 5.66. The van der Waals surface area contributed by atoms with Gasteiger partial charge in [0, 0.05) is 24.8 Å². The average molecular weight is 299 g/mol. The van der Waals surface area contributed by atoms with Crippen LogP contribution in [0.4, 0.5) is 5.13 Å². The average Bonchev–Trinajstić information content (AvgIpc) is 3.14. The predicted octanol–water partition coefficient (Wildman–Crippen LogP) is 3.06. The molecule has 1 unspecified atom stereocenters. The summed E-state index contributed by atoms with van der Waals surface area (Å²) < 4.78 is 1.85. The lowest BCUT2D eigenvalue weighted by molar-refractivity contribution is 0.837. The zero-order valence-corrected chi connectivity index (χ0v) is 12.8. The van der Waals surface area contributed by atoms with Crippen LogP contribution in [0, 0.1) is 0 Å². The monoisotopic (exact) mass is 299 g/mol. The number of thiazole rings is 1. The third-order valence-electron chi connectivity index (χ3n) is 3.16. The number of benzene rings is 1. The Balaban J connectivity index is 2.02. The molecule has 1 atom stereocenters. The highest BCUT2D eigenvalue weighted by molar-refractivity contribution is 7.16. The number of hydrogen-bond acceptors (Lipinski definition) is 5. The maximum atomic E-state index is 6.05. The van der Waals surface area contributed by atoms with E-state index in [0.717, 1.165) is 27.0 Å². The van der Waals surface area contributed by atoms with E-state index in [-0.39, 0.29) is 6.04 Å². The Labute approximate surface area is 127 Å². The molecule has 0 bridgehead atoms. The van der Waals surface area contributed by atoms with Crippen molar-refractivity contribution in [2.45, 2.75) is 13.0 Å². The van der Waals surface area contributed by atoms with Gasteiger partial charge in [-0.2, -0.15) is 5.10 Å². The first kappa shape index (κ1) is 13.8. The van der Waals surface area contributed by atoms with Crippen molar-refractivity contribution in [2.24, 2.45) is 5.73 Å². The number of nitrogens with zero attached hydrogens (tertiary/aromatic N) is 3. The van der Waals surface area contributed by atoms with E-state index in [0.29, 0.717) is 0 Å². The summed E-state index contributed by atoms with van der Waals surface area (Å²) >= 11 is 1.58. The van der Waals surface area contributed by atoms with E-state index < -0.39 is 0 Å². The first-order valence-electron chi connectivity index (χ1n) is 6.73. The summed E-state index contributed by atoms with van der Waals surface area (Å²) in [6.07, 6.45) is 3.81. The highest BCUT2D eigenvalue weighted by Crippen LogP contribution is 2.34. The summed E-state index contributed by atoms with van der Waals surface area (Å²) in [5.74, 6) is 0. The molecule has 2 heterocycles. The number of hydrogen-bond donors (Lipinski definition) is 2. The van der Waals surface area contributed by atoms with Gasteiger partial charge in [-0.1, -0.05) is 29.5 Å². The van der Waals surface area contributed by atoms with E-state index in [9.17, 15) is 0 Å². The third-order valence-corrected chi connectivity index (χ3v) is 4.43. The molecule has 0 fully saturated rings. The van der Waals surface area contributed by atoms with Gasteiger partial charge in [0.1, 0.15) is 0 Å². The predicted molar refractivity (Wildman–Crippen MR) is 86.8 cm³/mol. The fraction of sp³-hybridized carbons (Fsp3) is 0.200. The standard InChI is InChI=1S/C15H17N5S/c1-10(16)14-13(19-15(17-2)21-14)11-8-18-20(9-11)12-6-4-3-5-7-12/h3-10H,16H2,1-2H3,(H,17,19). The second kappa shape index (κ2) is 5.67. The molecular formula is C15H17N5S. The van der Waals surface area contributed by atoms with Crippen molar-refractivity contribution >= 4 is 16.5 Å². The van der Waals surface area contributed by atoms with Gasteiger partial charge < -0.3 is 11.1 Å². The summed E-state index contributed by atoms with van der Waals surface area (Å²) in [6, 6.07) is 9.95. The normalized spacial score (nSPS) is 12.3. The number of nitrogens with two attached hydrogens (primary N) is 1. The molecule has 1 aromatic carbocycles. The number of nitrogens with one attached hydrogen (secondary N) is 1. The Morgan fingerprint density at radius 2 is 2.05 bits per heavy atom. The van der Waals surface area contributed by atoms with Gasteiger partial charge in [0.2, 0.25) is 0 Å². The number of anilines is 1. The van der Waals surface area contributed by atoms with Crippen LogP contribution >= 0.6 is 11.3 Å². The maximum Gasteiger partial charge on any atom is 0.183 e. The lowest BCUT2D eigenvalue weighted by Gasteiger charge is -2.03. The summed E-state index contributed by atoms with van der Waals surface area (Å²) in [5.41, 5.74) is 8.96. The minimum atomic E-state index is -0.0559. The van der Waals surface area contributed by atoms with Crippen LogP contribution in [0.15, 0.2) is 42.7 Å². The molecule has 0 amide bonds. The molecule has 0 saturated carbocycles. The largest absolute Gasteiger partial charge is 0.365 e.